The first kappa shape index (κ1) is 13.3. The summed E-state index contributed by atoms with van der Waals surface area (Å²) in [6.07, 6.45) is 6.38. The Morgan fingerprint density at radius 1 is 1.40 bits per heavy atom. The van der Waals surface area contributed by atoms with Crippen LogP contribution in [0.5, 0.6) is 0 Å². The molecule has 2 aromatic rings. The summed E-state index contributed by atoms with van der Waals surface area (Å²) >= 11 is 1.76. The molecule has 20 heavy (non-hydrogen) atoms. The van der Waals surface area contributed by atoms with Crippen molar-refractivity contribution < 1.29 is 9.90 Å². The molecule has 1 aliphatic carbocycles. The highest BCUT2D eigenvalue weighted by molar-refractivity contribution is 7.19. The van der Waals surface area contributed by atoms with E-state index < -0.39 is 5.97 Å². The number of thiophene rings is 1. The molecular weight excluding hydrogens is 274 g/mol. The predicted octanol–water partition coefficient (Wildman–Crippen LogP) is 2.48. The third-order valence-electron chi connectivity index (χ3n) is 3.75. The second-order valence-electron chi connectivity index (χ2n) is 5.15. The van der Waals surface area contributed by atoms with Gasteiger partial charge in [0, 0.05) is 18.5 Å². The van der Waals surface area contributed by atoms with Crippen molar-refractivity contribution in [1.29, 1.82) is 0 Å². The fraction of sp³-hybridized carbons (Fsp3) is 0.500. The van der Waals surface area contributed by atoms with Crippen LogP contribution in [-0.4, -0.2) is 34.6 Å². The molecule has 0 unspecified atom stereocenters. The maximum Gasteiger partial charge on any atom is 0.305 e. The molecule has 0 aliphatic heterocycles. The van der Waals surface area contributed by atoms with Crippen molar-refractivity contribution in [3.05, 3.63) is 16.8 Å². The van der Waals surface area contributed by atoms with Crippen molar-refractivity contribution >= 4 is 33.3 Å². The maximum atomic E-state index is 10.7. The minimum Gasteiger partial charge on any atom is -0.481 e. The Morgan fingerprint density at radius 2 is 2.20 bits per heavy atom. The van der Waals surface area contributed by atoms with Gasteiger partial charge >= 0.3 is 5.97 Å². The first-order chi connectivity index (χ1) is 9.66. The molecule has 2 aromatic heterocycles. The van der Waals surface area contributed by atoms with Crippen LogP contribution in [0.3, 0.4) is 0 Å². The normalized spacial score (nSPS) is 14.2. The Hall–Kier alpha value is -1.69. The molecule has 0 spiro atoms. The van der Waals surface area contributed by atoms with Crippen molar-refractivity contribution in [2.45, 2.75) is 32.1 Å². The van der Waals surface area contributed by atoms with Crippen molar-refractivity contribution in [2.75, 3.05) is 18.5 Å². The highest BCUT2D eigenvalue weighted by Gasteiger charge is 2.21. The molecule has 0 fully saturated rings. The molecule has 3 rings (SSSR count). The van der Waals surface area contributed by atoms with Gasteiger partial charge in [0.2, 0.25) is 0 Å². The molecule has 0 radical (unpaired) electrons. The third kappa shape index (κ3) is 2.35. The van der Waals surface area contributed by atoms with Crippen molar-refractivity contribution in [2.24, 2.45) is 0 Å². The monoisotopic (exact) mass is 291 g/mol. The van der Waals surface area contributed by atoms with Gasteiger partial charge in [-0.2, -0.15) is 0 Å². The van der Waals surface area contributed by atoms with Crippen LogP contribution in [0.4, 0.5) is 5.82 Å². The van der Waals surface area contributed by atoms with E-state index in [4.69, 9.17) is 5.11 Å². The predicted molar refractivity (Wildman–Crippen MR) is 79.6 cm³/mol. The number of nitrogens with zero attached hydrogens (tertiary/aromatic N) is 3. The number of rotatable bonds is 4. The van der Waals surface area contributed by atoms with Gasteiger partial charge in [-0.3, -0.25) is 4.79 Å². The van der Waals surface area contributed by atoms with Crippen LogP contribution in [0.15, 0.2) is 6.33 Å². The Kier molecular flexibility index (Phi) is 3.56. The van der Waals surface area contributed by atoms with Crippen LogP contribution < -0.4 is 4.90 Å². The van der Waals surface area contributed by atoms with Gasteiger partial charge in [-0.25, -0.2) is 9.97 Å². The largest absolute Gasteiger partial charge is 0.481 e. The molecule has 0 saturated carbocycles. The highest BCUT2D eigenvalue weighted by atomic mass is 32.1. The van der Waals surface area contributed by atoms with Crippen LogP contribution >= 0.6 is 11.3 Å². The lowest BCUT2D eigenvalue weighted by Crippen LogP contribution is -2.22. The molecule has 2 heterocycles. The summed E-state index contributed by atoms with van der Waals surface area (Å²) in [5.74, 6) is 0.0881. The zero-order chi connectivity index (χ0) is 14.1. The fourth-order valence-corrected chi connectivity index (χ4v) is 3.96. The quantitative estimate of drug-likeness (QED) is 0.937. The Balaban J connectivity index is 2.02. The molecule has 6 heteroatoms. The average molecular weight is 291 g/mol. The smallest absolute Gasteiger partial charge is 0.305 e. The number of hydrogen-bond acceptors (Lipinski definition) is 5. The van der Waals surface area contributed by atoms with Crippen LogP contribution in [0.25, 0.3) is 10.2 Å². The second kappa shape index (κ2) is 5.36. The third-order valence-corrected chi connectivity index (χ3v) is 4.95. The van der Waals surface area contributed by atoms with Crippen molar-refractivity contribution in [3.8, 4) is 0 Å². The molecule has 0 bridgehead atoms. The molecule has 1 N–H and O–H groups in total. The molecule has 0 aromatic carbocycles. The minimum absolute atomic E-state index is 0.119. The molecule has 0 amide bonds. The first-order valence-electron chi connectivity index (χ1n) is 6.85. The lowest BCUT2D eigenvalue weighted by molar-refractivity contribution is -0.136. The summed E-state index contributed by atoms with van der Waals surface area (Å²) in [5, 5.41) is 9.96. The molecule has 0 saturated heterocycles. The first-order valence-corrected chi connectivity index (χ1v) is 7.66. The summed E-state index contributed by atoms with van der Waals surface area (Å²) in [6, 6.07) is 0. The highest BCUT2D eigenvalue weighted by Crippen LogP contribution is 2.38. The van der Waals surface area contributed by atoms with E-state index in [1.807, 2.05) is 11.9 Å². The maximum absolute atomic E-state index is 10.7. The summed E-state index contributed by atoms with van der Waals surface area (Å²) < 4.78 is 0. The van der Waals surface area contributed by atoms with E-state index in [1.165, 1.54) is 23.3 Å². The molecule has 106 valence electrons. The number of carbonyl (C=O) groups is 1. The molecule has 5 nitrogen and oxygen atoms in total. The van der Waals surface area contributed by atoms with E-state index >= 15 is 0 Å². The number of anilines is 1. The van der Waals surface area contributed by atoms with E-state index in [0.717, 1.165) is 28.9 Å². The van der Waals surface area contributed by atoms with Crippen LogP contribution in [0.1, 0.15) is 29.7 Å². The van der Waals surface area contributed by atoms with E-state index in [-0.39, 0.29) is 6.42 Å². The number of aliphatic carboxylic acids is 1. The summed E-state index contributed by atoms with van der Waals surface area (Å²) in [5.41, 5.74) is 1.38. The number of fused-ring (bicyclic) bond motifs is 3. The van der Waals surface area contributed by atoms with E-state index in [9.17, 15) is 4.79 Å². The topological polar surface area (TPSA) is 66.3 Å². The zero-order valence-corrected chi connectivity index (χ0v) is 12.2. The number of aromatic nitrogens is 2. The summed E-state index contributed by atoms with van der Waals surface area (Å²) in [7, 11) is 1.90. The summed E-state index contributed by atoms with van der Waals surface area (Å²) in [6.45, 7) is 0.464. The van der Waals surface area contributed by atoms with Gasteiger partial charge in [0.1, 0.15) is 17.0 Å². The summed E-state index contributed by atoms with van der Waals surface area (Å²) in [4.78, 5) is 23.9. The minimum atomic E-state index is -0.783. The zero-order valence-electron chi connectivity index (χ0n) is 11.4. The van der Waals surface area contributed by atoms with Gasteiger partial charge in [-0.05, 0) is 31.2 Å². The number of aryl methyl sites for hydroxylation is 2. The lowest BCUT2D eigenvalue weighted by Gasteiger charge is -2.19. The van der Waals surface area contributed by atoms with Crippen molar-refractivity contribution in [1.82, 2.24) is 9.97 Å². The van der Waals surface area contributed by atoms with Gasteiger partial charge in [-0.1, -0.05) is 0 Å². The fourth-order valence-electron chi connectivity index (χ4n) is 2.73. The Morgan fingerprint density at radius 3 is 3.00 bits per heavy atom. The molecule has 1 aliphatic rings. The van der Waals surface area contributed by atoms with Crippen LogP contribution in [0.2, 0.25) is 0 Å². The Labute approximate surface area is 121 Å². The van der Waals surface area contributed by atoms with Gasteiger partial charge in [0.25, 0.3) is 0 Å². The molecule has 0 atom stereocenters. The van der Waals surface area contributed by atoms with E-state index in [0.29, 0.717) is 6.54 Å². The average Bonchev–Trinajstić information content (AvgIpc) is 2.83. The van der Waals surface area contributed by atoms with E-state index in [2.05, 4.69) is 9.97 Å². The Bertz CT molecular complexity index is 653. The number of hydrogen-bond donors (Lipinski definition) is 1. The SMILES string of the molecule is CN(CCC(=O)O)c1ncnc2sc3c(c12)CCCC3. The van der Waals surface area contributed by atoms with Crippen LogP contribution in [-0.2, 0) is 17.6 Å². The number of carboxylic acid groups (broad SMARTS) is 1. The van der Waals surface area contributed by atoms with Gasteiger partial charge < -0.3 is 10.0 Å². The van der Waals surface area contributed by atoms with Gasteiger partial charge in [0.05, 0.1) is 11.8 Å². The van der Waals surface area contributed by atoms with Gasteiger partial charge in [-0.15, -0.1) is 11.3 Å². The molecular formula is C14H17N3O2S. The van der Waals surface area contributed by atoms with E-state index in [1.54, 1.807) is 17.7 Å². The standard InChI is InChI=1S/C14H17N3O2S/c1-17(7-6-11(18)19)13-12-9-4-2-3-5-10(9)20-14(12)16-8-15-13/h8H,2-7H2,1H3,(H,18,19). The van der Waals surface area contributed by atoms with Crippen molar-refractivity contribution in [3.63, 3.8) is 0 Å². The van der Waals surface area contributed by atoms with Gasteiger partial charge in [0.15, 0.2) is 0 Å². The second-order valence-corrected chi connectivity index (χ2v) is 6.24. The number of carboxylic acids is 1. The lowest BCUT2D eigenvalue weighted by atomic mass is 9.97. The van der Waals surface area contributed by atoms with Crippen LogP contribution in [0, 0.1) is 0 Å².